The van der Waals surface area contributed by atoms with Gasteiger partial charge in [0.05, 0.1) is 5.52 Å². The van der Waals surface area contributed by atoms with Crippen LogP contribution in [0.5, 0.6) is 0 Å². The molecule has 5 rings (SSSR count). The third kappa shape index (κ3) is 3.28. The van der Waals surface area contributed by atoms with Crippen LogP contribution < -0.4 is 5.76 Å². The molecule has 28 heavy (non-hydrogen) atoms. The first-order chi connectivity index (χ1) is 13.6. The van der Waals surface area contributed by atoms with Crippen molar-refractivity contribution in [3.63, 3.8) is 0 Å². The molecule has 2 aromatic rings. The molecule has 0 N–H and O–H groups in total. The highest BCUT2D eigenvalue weighted by molar-refractivity contribution is 5.79. The highest BCUT2D eigenvalue weighted by Gasteiger charge is 2.43. The van der Waals surface area contributed by atoms with Gasteiger partial charge in [-0.3, -0.25) is 9.36 Å². The Hall–Kier alpha value is -2.08. The maximum atomic E-state index is 13.0. The van der Waals surface area contributed by atoms with Crippen LogP contribution in [-0.4, -0.2) is 53.0 Å². The molecule has 1 aromatic carbocycles. The van der Waals surface area contributed by atoms with Crippen LogP contribution in [0, 0.1) is 11.3 Å². The Morgan fingerprint density at radius 1 is 1.11 bits per heavy atom. The number of amides is 1. The quantitative estimate of drug-likeness (QED) is 0.815. The number of benzene rings is 1. The summed E-state index contributed by atoms with van der Waals surface area (Å²) in [6, 6.07) is 7.29. The number of likely N-dealkylation sites (tertiary alicyclic amines) is 2. The summed E-state index contributed by atoms with van der Waals surface area (Å²) in [6.07, 6.45) is 7.71. The van der Waals surface area contributed by atoms with E-state index in [4.69, 9.17) is 4.42 Å². The van der Waals surface area contributed by atoms with E-state index in [1.165, 1.54) is 49.8 Å². The average Bonchev–Trinajstić information content (AvgIpc) is 3.20. The molecule has 3 aliphatic rings. The monoisotopic (exact) mass is 383 g/mol. The van der Waals surface area contributed by atoms with Crippen molar-refractivity contribution in [2.75, 3.05) is 32.7 Å². The highest BCUT2D eigenvalue weighted by Crippen LogP contribution is 2.40. The molecule has 1 atom stereocenters. The van der Waals surface area contributed by atoms with Gasteiger partial charge >= 0.3 is 5.76 Å². The Morgan fingerprint density at radius 2 is 1.96 bits per heavy atom. The van der Waals surface area contributed by atoms with Crippen molar-refractivity contribution in [3.05, 3.63) is 34.8 Å². The molecule has 0 radical (unpaired) electrons. The lowest BCUT2D eigenvalue weighted by Gasteiger charge is -2.43. The van der Waals surface area contributed by atoms with Crippen molar-refractivity contribution in [2.45, 2.75) is 45.1 Å². The van der Waals surface area contributed by atoms with Crippen molar-refractivity contribution >= 4 is 17.0 Å². The van der Waals surface area contributed by atoms with Gasteiger partial charge in [-0.2, -0.15) is 0 Å². The predicted molar refractivity (Wildman–Crippen MR) is 107 cm³/mol. The van der Waals surface area contributed by atoms with E-state index in [0.717, 1.165) is 32.0 Å². The molecule has 1 spiro atoms. The number of fused-ring (bicyclic) bond motifs is 1. The summed E-state index contributed by atoms with van der Waals surface area (Å²) in [5.41, 5.74) is 1.48. The van der Waals surface area contributed by atoms with E-state index in [2.05, 4.69) is 4.90 Å². The Labute approximate surface area is 165 Å². The van der Waals surface area contributed by atoms with E-state index in [1.54, 1.807) is 6.07 Å². The van der Waals surface area contributed by atoms with Crippen LogP contribution in [0.25, 0.3) is 11.1 Å². The van der Waals surface area contributed by atoms with Crippen LogP contribution in [0.4, 0.5) is 0 Å². The van der Waals surface area contributed by atoms with Gasteiger partial charge in [-0.15, -0.1) is 0 Å². The Balaban J connectivity index is 1.25. The van der Waals surface area contributed by atoms with Gasteiger partial charge in [-0.25, -0.2) is 4.79 Å². The first-order valence-electron chi connectivity index (χ1n) is 10.7. The van der Waals surface area contributed by atoms with Crippen LogP contribution in [0.3, 0.4) is 0 Å². The van der Waals surface area contributed by atoms with E-state index in [0.29, 0.717) is 11.1 Å². The molecule has 2 aliphatic heterocycles. The fourth-order valence-corrected chi connectivity index (χ4v) is 5.39. The minimum absolute atomic E-state index is 0.0293. The SMILES string of the molecule is O=C(Cn1c(=O)oc2ccccc21)N1CC[C@@]2(CCCN(CC3CCC3)C2)C1. The van der Waals surface area contributed by atoms with E-state index < -0.39 is 5.76 Å². The number of piperidine rings is 1. The summed E-state index contributed by atoms with van der Waals surface area (Å²) >= 11 is 0. The van der Waals surface area contributed by atoms with Crippen molar-refractivity contribution < 1.29 is 9.21 Å². The number of nitrogens with zero attached hydrogens (tertiary/aromatic N) is 3. The fraction of sp³-hybridized carbons (Fsp3) is 0.636. The summed E-state index contributed by atoms with van der Waals surface area (Å²) in [6.45, 7) is 5.28. The number of oxazole rings is 1. The van der Waals surface area contributed by atoms with Gasteiger partial charge in [-0.1, -0.05) is 18.6 Å². The normalized spacial score (nSPS) is 26.2. The van der Waals surface area contributed by atoms with Gasteiger partial charge in [0, 0.05) is 31.6 Å². The molecule has 0 bridgehead atoms. The third-order valence-electron chi connectivity index (χ3n) is 7.14. The number of aromatic nitrogens is 1. The standard InChI is InChI=1S/C22H29N3O3/c26-20(14-25-18-7-1-2-8-19(18)28-21(25)27)24-12-10-22(16-24)9-4-11-23(15-22)13-17-5-3-6-17/h1-2,7-8,17H,3-6,9-16H2/t22-/m1/s1. The lowest BCUT2D eigenvalue weighted by Crippen LogP contribution is -2.47. The first-order valence-corrected chi connectivity index (χ1v) is 10.7. The number of rotatable bonds is 4. The predicted octanol–water partition coefficient (Wildman–Crippen LogP) is 2.71. The Morgan fingerprint density at radius 3 is 2.79 bits per heavy atom. The van der Waals surface area contributed by atoms with Crippen LogP contribution in [-0.2, 0) is 11.3 Å². The Bertz CT molecular complexity index is 928. The maximum Gasteiger partial charge on any atom is 0.420 e. The van der Waals surface area contributed by atoms with Crippen molar-refractivity contribution in [1.29, 1.82) is 0 Å². The number of hydrogen-bond acceptors (Lipinski definition) is 4. The minimum Gasteiger partial charge on any atom is -0.408 e. The largest absolute Gasteiger partial charge is 0.420 e. The third-order valence-corrected chi connectivity index (χ3v) is 7.14. The molecular weight excluding hydrogens is 354 g/mol. The summed E-state index contributed by atoms with van der Waals surface area (Å²) in [5.74, 6) is 0.477. The van der Waals surface area contributed by atoms with E-state index in [9.17, 15) is 9.59 Å². The van der Waals surface area contributed by atoms with Crippen molar-refractivity contribution in [3.8, 4) is 0 Å². The molecule has 6 heteroatoms. The van der Waals surface area contributed by atoms with Gasteiger partial charge < -0.3 is 14.2 Å². The number of carbonyl (C=O) groups excluding carboxylic acids is 1. The minimum atomic E-state index is -0.451. The Kier molecular flexibility index (Phi) is 4.54. The van der Waals surface area contributed by atoms with E-state index in [1.807, 2.05) is 23.1 Å². The zero-order valence-corrected chi connectivity index (χ0v) is 16.4. The second-order valence-corrected chi connectivity index (χ2v) is 9.12. The summed E-state index contributed by atoms with van der Waals surface area (Å²) < 4.78 is 6.73. The lowest BCUT2D eigenvalue weighted by atomic mass is 9.78. The van der Waals surface area contributed by atoms with Crippen molar-refractivity contribution in [2.24, 2.45) is 11.3 Å². The van der Waals surface area contributed by atoms with Crippen molar-refractivity contribution in [1.82, 2.24) is 14.4 Å². The molecule has 3 heterocycles. The van der Waals surface area contributed by atoms with E-state index in [-0.39, 0.29) is 17.9 Å². The molecule has 1 aliphatic carbocycles. The molecule has 0 unspecified atom stereocenters. The summed E-state index contributed by atoms with van der Waals surface area (Å²) in [4.78, 5) is 29.8. The zero-order valence-electron chi connectivity index (χ0n) is 16.4. The van der Waals surface area contributed by atoms with Gasteiger partial charge in [0.2, 0.25) is 5.91 Å². The first kappa shape index (κ1) is 18.0. The van der Waals surface area contributed by atoms with Gasteiger partial charge in [0.1, 0.15) is 6.54 Å². The van der Waals surface area contributed by atoms with Crippen LogP contribution in [0.2, 0.25) is 0 Å². The number of hydrogen-bond donors (Lipinski definition) is 0. The zero-order chi connectivity index (χ0) is 19.1. The molecule has 3 fully saturated rings. The van der Waals surface area contributed by atoms with Gasteiger partial charge in [0.15, 0.2) is 5.58 Å². The molecular formula is C22H29N3O3. The summed E-state index contributed by atoms with van der Waals surface area (Å²) in [5, 5.41) is 0. The molecule has 150 valence electrons. The maximum absolute atomic E-state index is 13.0. The lowest BCUT2D eigenvalue weighted by molar-refractivity contribution is -0.131. The smallest absolute Gasteiger partial charge is 0.408 e. The second-order valence-electron chi connectivity index (χ2n) is 9.12. The van der Waals surface area contributed by atoms with Crippen LogP contribution in [0.1, 0.15) is 38.5 Å². The molecule has 1 amide bonds. The highest BCUT2D eigenvalue weighted by atomic mass is 16.4. The fourth-order valence-electron chi connectivity index (χ4n) is 5.39. The molecule has 1 aromatic heterocycles. The number of para-hydroxylation sites is 2. The van der Waals surface area contributed by atoms with Gasteiger partial charge in [0.25, 0.3) is 0 Å². The molecule has 6 nitrogen and oxygen atoms in total. The second kappa shape index (κ2) is 7.07. The number of carbonyl (C=O) groups is 1. The van der Waals surface area contributed by atoms with Crippen LogP contribution >= 0.6 is 0 Å². The van der Waals surface area contributed by atoms with Crippen LogP contribution in [0.15, 0.2) is 33.5 Å². The van der Waals surface area contributed by atoms with E-state index >= 15 is 0 Å². The molecule has 1 saturated carbocycles. The summed E-state index contributed by atoms with van der Waals surface area (Å²) in [7, 11) is 0. The van der Waals surface area contributed by atoms with Gasteiger partial charge in [-0.05, 0) is 56.7 Å². The topological polar surface area (TPSA) is 58.7 Å². The molecule has 2 saturated heterocycles. The average molecular weight is 383 g/mol.